The van der Waals surface area contributed by atoms with Gasteiger partial charge in [0.05, 0.1) is 5.56 Å². The monoisotopic (exact) mass is 286 g/mol. The molecule has 5 heteroatoms. The van der Waals surface area contributed by atoms with Gasteiger partial charge in [0.1, 0.15) is 0 Å². The minimum Gasteiger partial charge on any atom is -0.311 e. The molecule has 2 atom stereocenters. The van der Waals surface area contributed by atoms with Crippen LogP contribution >= 0.6 is 0 Å². The van der Waals surface area contributed by atoms with Crippen LogP contribution in [-0.4, -0.2) is 30.1 Å². The van der Waals surface area contributed by atoms with Gasteiger partial charge in [0.2, 0.25) is 0 Å². The van der Waals surface area contributed by atoms with E-state index < -0.39 is 11.7 Å². The van der Waals surface area contributed by atoms with Crippen molar-refractivity contribution in [1.82, 2.24) is 10.2 Å². The number of hydrogen-bond donors (Lipinski definition) is 1. The van der Waals surface area contributed by atoms with Crippen molar-refractivity contribution in [3.8, 4) is 0 Å². The van der Waals surface area contributed by atoms with Crippen LogP contribution in [0.2, 0.25) is 0 Å². The molecule has 2 nitrogen and oxygen atoms in total. The molecular weight excluding hydrogens is 265 g/mol. The molecule has 0 saturated carbocycles. The first-order valence-electron chi connectivity index (χ1n) is 7.03. The zero-order valence-corrected chi connectivity index (χ0v) is 11.9. The number of nitrogens with one attached hydrogen (secondary N) is 1. The molecule has 1 aliphatic heterocycles. The average Bonchev–Trinajstić information content (AvgIpc) is 2.38. The molecule has 1 aliphatic rings. The number of rotatable bonds is 3. The van der Waals surface area contributed by atoms with Crippen molar-refractivity contribution in [2.24, 2.45) is 0 Å². The van der Waals surface area contributed by atoms with Crippen molar-refractivity contribution in [2.45, 2.75) is 45.1 Å². The van der Waals surface area contributed by atoms with Crippen LogP contribution in [0.15, 0.2) is 24.3 Å². The summed E-state index contributed by atoms with van der Waals surface area (Å²) in [5, 5.41) is 3.41. The van der Waals surface area contributed by atoms with Gasteiger partial charge in [-0.2, -0.15) is 13.2 Å². The number of alkyl halides is 3. The second-order valence-corrected chi connectivity index (χ2v) is 5.50. The summed E-state index contributed by atoms with van der Waals surface area (Å²) >= 11 is 0. The Bertz CT molecular complexity index is 445. The Morgan fingerprint density at radius 2 is 2.10 bits per heavy atom. The summed E-state index contributed by atoms with van der Waals surface area (Å²) in [6.07, 6.45) is -3.27. The molecule has 20 heavy (non-hydrogen) atoms. The van der Waals surface area contributed by atoms with Crippen LogP contribution < -0.4 is 5.32 Å². The van der Waals surface area contributed by atoms with E-state index in [-0.39, 0.29) is 0 Å². The molecule has 0 amide bonds. The average molecular weight is 286 g/mol. The highest BCUT2D eigenvalue weighted by molar-refractivity contribution is 5.25. The largest absolute Gasteiger partial charge is 0.416 e. The Kier molecular flexibility index (Phi) is 4.70. The van der Waals surface area contributed by atoms with Crippen LogP contribution in [0.5, 0.6) is 0 Å². The maximum Gasteiger partial charge on any atom is 0.416 e. The van der Waals surface area contributed by atoms with E-state index in [1.165, 1.54) is 12.1 Å². The fourth-order valence-electron chi connectivity index (χ4n) is 2.71. The van der Waals surface area contributed by atoms with E-state index in [4.69, 9.17) is 0 Å². The van der Waals surface area contributed by atoms with Gasteiger partial charge in [-0.15, -0.1) is 0 Å². The number of nitrogens with zero attached hydrogens (tertiary/aromatic N) is 1. The molecule has 0 bridgehead atoms. The lowest BCUT2D eigenvalue weighted by molar-refractivity contribution is -0.137. The number of halogens is 3. The van der Waals surface area contributed by atoms with Crippen LogP contribution in [0.25, 0.3) is 0 Å². The Morgan fingerprint density at radius 1 is 1.35 bits per heavy atom. The zero-order chi connectivity index (χ0) is 14.8. The van der Waals surface area contributed by atoms with Crippen molar-refractivity contribution in [1.29, 1.82) is 0 Å². The van der Waals surface area contributed by atoms with E-state index in [0.29, 0.717) is 18.6 Å². The number of piperazine rings is 1. The summed E-state index contributed by atoms with van der Waals surface area (Å²) in [6, 6.07) is 6.42. The maximum absolute atomic E-state index is 12.7. The highest BCUT2D eigenvalue weighted by Crippen LogP contribution is 2.30. The zero-order valence-electron chi connectivity index (χ0n) is 11.9. The van der Waals surface area contributed by atoms with Crippen molar-refractivity contribution in [3.05, 3.63) is 35.4 Å². The van der Waals surface area contributed by atoms with Crippen molar-refractivity contribution in [3.63, 3.8) is 0 Å². The molecular formula is C15H21F3N2. The molecule has 0 spiro atoms. The predicted octanol–water partition coefficient (Wildman–Crippen LogP) is 3.28. The summed E-state index contributed by atoms with van der Waals surface area (Å²) in [7, 11) is 0. The first kappa shape index (κ1) is 15.3. The highest BCUT2D eigenvalue weighted by atomic mass is 19.4. The second kappa shape index (κ2) is 6.14. The van der Waals surface area contributed by atoms with E-state index in [0.717, 1.165) is 31.1 Å². The van der Waals surface area contributed by atoms with E-state index in [2.05, 4.69) is 24.1 Å². The second-order valence-electron chi connectivity index (χ2n) is 5.50. The normalized spacial score (nSPS) is 24.9. The molecule has 2 unspecified atom stereocenters. The minimum absolute atomic E-state index is 0.378. The van der Waals surface area contributed by atoms with Gasteiger partial charge >= 0.3 is 6.18 Å². The van der Waals surface area contributed by atoms with Crippen LogP contribution in [0.4, 0.5) is 13.2 Å². The molecule has 0 radical (unpaired) electrons. The molecule has 1 saturated heterocycles. The molecule has 0 aromatic heterocycles. The standard InChI is InChI=1S/C15H21F3N2/c1-3-14-8-19-11(2)9-20(14)10-12-5-4-6-13(7-12)15(16,17)18/h4-7,11,14,19H,3,8-10H2,1-2H3. The molecule has 1 heterocycles. The Balaban J connectivity index is 2.12. The minimum atomic E-state index is -4.27. The van der Waals surface area contributed by atoms with Crippen LogP contribution in [0.1, 0.15) is 31.4 Å². The summed E-state index contributed by atoms with van der Waals surface area (Å²) < 4.78 is 38.2. The lowest BCUT2D eigenvalue weighted by atomic mass is 10.0. The van der Waals surface area contributed by atoms with Gasteiger partial charge in [-0.05, 0) is 25.0 Å². The summed E-state index contributed by atoms with van der Waals surface area (Å²) in [4.78, 5) is 2.27. The fraction of sp³-hybridized carbons (Fsp3) is 0.600. The quantitative estimate of drug-likeness (QED) is 0.917. The fourth-order valence-corrected chi connectivity index (χ4v) is 2.71. The Labute approximate surface area is 118 Å². The van der Waals surface area contributed by atoms with E-state index in [9.17, 15) is 13.2 Å². The first-order chi connectivity index (χ1) is 9.40. The Hall–Kier alpha value is -1.07. The number of hydrogen-bond acceptors (Lipinski definition) is 2. The van der Waals surface area contributed by atoms with Crippen molar-refractivity contribution >= 4 is 0 Å². The third kappa shape index (κ3) is 3.73. The van der Waals surface area contributed by atoms with Crippen LogP contribution in [0, 0.1) is 0 Å². The van der Waals surface area contributed by atoms with Gasteiger partial charge in [-0.3, -0.25) is 4.90 Å². The summed E-state index contributed by atoms with van der Waals surface area (Å²) in [5.41, 5.74) is 0.165. The first-order valence-corrected chi connectivity index (χ1v) is 7.03. The van der Waals surface area contributed by atoms with Gasteiger partial charge in [0.25, 0.3) is 0 Å². The van der Waals surface area contributed by atoms with Gasteiger partial charge in [-0.1, -0.05) is 25.1 Å². The number of benzene rings is 1. The topological polar surface area (TPSA) is 15.3 Å². The summed E-state index contributed by atoms with van der Waals surface area (Å²) in [5.74, 6) is 0. The van der Waals surface area contributed by atoms with E-state index in [1.54, 1.807) is 6.07 Å². The third-order valence-corrected chi connectivity index (χ3v) is 3.84. The predicted molar refractivity (Wildman–Crippen MR) is 73.4 cm³/mol. The van der Waals surface area contributed by atoms with Crippen LogP contribution in [0.3, 0.4) is 0 Å². The molecule has 1 fully saturated rings. The molecule has 112 valence electrons. The maximum atomic E-state index is 12.7. The molecule has 1 N–H and O–H groups in total. The molecule has 1 aromatic rings. The highest BCUT2D eigenvalue weighted by Gasteiger charge is 2.31. The van der Waals surface area contributed by atoms with Gasteiger partial charge < -0.3 is 5.32 Å². The molecule has 0 aliphatic carbocycles. The molecule has 2 rings (SSSR count). The third-order valence-electron chi connectivity index (χ3n) is 3.84. The smallest absolute Gasteiger partial charge is 0.311 e. The van der Waals surface area contributed by atoms with Crippen molar-refractivity contribution < 1.29 is 13.2 Å². The summed E-state index contributed by atoms with van der Waals surface area (Å²) in [6.45, 7) is 6.56. The van der Waals surface area contributed by atoms with E-state index in [1.807, 2.05) is 0 Å². The van der Waals surface area contributed by atoms with E-state index >= 15 is 0 Å². The lowest BCUT2D eigenvalue weighted by Crippen LogP contribution is -2.54. The Morgan fingerprint density at radius 3 is 2.75 bits per heavy atom. The molecule has 1 aromatic carbocycles. The van der Waals surface area contributed by atoms with Gasteiger partial charge in [0.15, 0.2) is 0 Å². The SMILES string of the molecule is CCC1CNC(C)CN1Cc1cccc(C(F)(F)F)c1. The lowest BCUT2D eigenvalue weighted by Gasteiger charge is -2.39. The van der Waals surface area contributed by atoms with Crippen LogP contribution in [-0.2, 0) is 12.7 Å². The van der Waals surface area contributed by atoms with Gasteiger partial charge in [-0.25, -0.2) is 0 Å². The van der Waals surface area contributed by atoms with Crippen molar-refractivity contribution in [2.75, 3.05) is 13.1 Å². The van der Waals surface area contributed by atoms with Gasteiger partial charge in [0, 0.05) is 31.7 Å².